The highest BCUT2D eigenvalue weighted by Gasteiger charge is 2.36. The summed E-state index contributed by atoms with van der Waals surface area (Å²) >= 11 is 7.46. The van der Waals surface area contributed by atoms with Crippen molar-refractivity contribution < 1.29 is 14.7 Å². The summed E-state index contributed by atoms with van der Waals surface area (Å²) in [6.45, 7) is 8.15. The van der Waals surface area contributed by atoms with Crippen molar-refractivity contribution in [2.75, 3.05) is 54.8 Å². The minimum absolute atomic E-state index is 0.280. The smallest absolute Gasteiger partial charge is 0.407 e. The highest BCUT2D eigenvalue weighted by molar-refractivity contribution is 7.17. The third-order valence-electron chi connectivity index (χ3n) is 6.54. The maximum absolute atomic E-state index is 12.8. The number of aryl methyl sites for hydroxylation is 2. The van der Waals surface area contributed by atoms with Crippen molar-refractivity contribution in [2.24, 2.45) is 0 Å². The number of piperazine rings is 1. The number of thiazole rings is 1. The molecule has 13 heteroatoms. The topological polar surface area (TPSA) is 127 Å². The zero-order chi connectivity index (χ0) is 26.1. The number of halogens is 1. The quantitative estimate of drug-likeness (QED) is 0.427. The summed E-state index contributed by atoms with van der Waals surface area (Å²) in [6.07, 6.45) is 0.671. The summed E-state index contributed by atoms with van der Waals surface area (Å²) in [6, 6.07) is 7.63. The third-order valence-corrected chi connectivity index (χ3v) is 7.76. The molecule has 11 nitrogen and oxygen atoms in total. The zero-order valence-electron chi connectivity index (χ0n) is 20.4. The molecule has 194 valence electrons. The van der Waals surface area contributed by atoms with E-state index in [1.807, 2.05) is 32.0 Å². The first kappa shape index (κ1) is 25.2. The van der Waals surface area contributed by atoms with Crippen LogP contribution in [0.1, 0.15) is 21.1 Å². The van der Waals surface area contributed by atoms with Crippen LogP contribution in [0.4, 0.5) is 27.2 Å². The number of hydrogen-bond acceptors (Lipinski definition) is 9. The molecule has 0 unspecified atom stereocenters. The van der Waals surface area contributed by atoms with Crippen molar-refractivity contribution in [2.45, 2.75) is 19.9 Å². The number of benzene rings is 1. The van der Waals surface area contributed by atoms with Crippen molar-refractivity contribution in [3.63, 3.8) is 0 Å². The second-order valence-electron chi connectivity index (χ2n) is 9.06. The number of nitrogens with one attached hydrogen (secondary N) is 2. The molecule has 37 heavy (non-hydrogen) atoms. The number of carboxylic acid groups (broad SMARTS) is 1. The molecule has 3 N–H and O–H groups in total. The van der Waals surface area contributed by atoms with Crippen LogP contribution in [-0.4, -0.2) is 87.2 Å². The molecular formula is C24H27ClN8O3S. The SMILES string of the molecule is Cc1nc(Nc2ncc(C(=O)Nc3c(C)cccc3Cl)s2)cc(N2CCN(C3CN(C(=O)O)C3)CC2)n1. The van der Waals surface area contributed by atoms with Crippen LogP contribution >= 0.6 is 22.9 Å². The molecule has 4 heterocycles. The lowest BCUT2D eigenvalue weighted by Gasteiger charge is -2.47. The zero-order valence-corrected chi connectivity index (χ0v) is 22.0. The van der Waals surface area contributed by atoms with Crippen LogP contribution in [0.2, 0.25) is 5.02 Å². The Kier molecular flexibility index (Phi) is 7.13. The standard InChI is InChI=1S/C24H27ClN8O3S/c1-14-4-3-5-17(25)21(14)30-22(34)18-11-26-23(37-18)29-19-10-20(28-15(2)27-19)32-8-6-31(7-9-32)16-12-33(13-16)24(35)36/h3-5,10-11,16H,6-9,12-13H2,1-2H3,(H,30,34)(H,35,36)(H,26,27,28,29). The maximum Gasteiger partial charge on any atom is 0.407 e. The minimum atomic E-state index is -0.852. The van der Waals surface area contributed by atoms with Gasteiger partial charge in [-0.25, -0.2) is 19.7 Å². The van der Waals surface area contributed by atoms with Crippen molar-refractivity contribution in [1.82, 2.24) is 24.8 Å². The van der Waals surface area contributed by atoms with Crippen LogP contribution in [0.15, 0.2) is 30.5 Å². The fourth-order valence-corrected chi connectivity index (χ4v) is 5.44. The molecule has 2 saturated heterocycles. The van der Waals surface area contributed by atoms with Crippen molar-refractivity contribution in [1.29, 1.82) is 0 Å². The van der Waals surface area contributed by atoms with Gasteiger partial charge in [-0.15, -0.1) is 0 Å². The summed E-state index contributed by atoms with van der Waals surface area (Å²) in [7, 11) is 0. The van der Waals surface area contributed by atoms with Gasteiger partial charge in [-0.3, -0.25) is 9.69 Å². The predicted octanol–water partition coefficient (Wildman–Crippen LogP) is 3.68. The predicted molar refractivity (Wildman–Crippen MR) is 143 cm³/mol. The molecular weight excluding hydrogens is 516 g/mol. The van der Waals surface area contributed by atoms with Gasteiger partial charge in [-0.05, 0) is 25.5 Å². The van der Waals surface area contributed by atoms with E-state index in [0.717, 1.165) is 37.6 Å². The summed E-state index contributed by atoms with van der Waals surface area (Å²) in [5.74, 6) is 1.77. The monoisotopic (exact) mass is 542 g/mol. The van der Waals surface area contributed by atoms with Gasteiger partial charge in [0.25, 0.3) is 5.91 Å². The first-order valence-corrected chi connectivity index (χ1v) is 13.1. The van der Waals surface area contributed by atoms with Crippen molar-refractivity contribution >= 4 is 57.4 Å². The fraction of sp³-hybridized carbons (Fsp3) is 0.375. The number of anilines is 4. The molecule has 0 spiro atoms. The highest BCUT2D eigenvalue weighted by Crippen LogP contribution is 2.28. The second-order valence-corrected chi connectivity index (χ2v) is 10.5. The molecule has 2 amide bonds. The maximum atomic E-state index is 12.8. The number of amides is 2. The second kappa shape index (κ2) is 10.5. The molecule has 0 saturated carbocycles. The number of hydrogen-bond donors (Lipinski definition) is 3. The van der Waals surface area contributed by atoms with Gasteiger partial charge in [0.2, 0.25) is 0 Å². The van der Waals surface area contributed by atoms with Gasteiger partial charge in [-0.1, -0.05) is 35.1 Å². The lowest BCUT2D eigenvalue weighted by molar-refractivity contribution is 0.0341. The van der Waals surface area contributed by atoms with Crippen LogP contribution in [-0.2, 0) is 0 Å². The number of para-hydroxylation sites is 1. The van der Waals surface area contributed by atoms with Gasteiger partial charge in [0, 0.05) is 51.4 Å². The van der Waals surface area contributed by atoms with Crippen LogP contribution in [0.3, 0.4) is 0 Å². The van der Waals surface area contributed by atoms with Gasteiger partial charge in [0.1, 0.15) is 22.3 Å². The Morgan fingerprint density at radius 2 is 1.89 bits per heavy atom. The summed E-state index contributed by atoms with van der Waals surface area (Å²) < 4.78 is 0. The Bertz CT molecular complexity index is 1300. The van der Waals surface area contributed by atoms with E-state index in [9.17, 15) is 9.59 Å². The molecule has 0 atom stereocenters. The number of carbonyl (C=O) groups excluding carboxylic acids is 1. The molecule has 2 fully saturated rings. The Balaban J connectivity index is 1.20. The lowest BCUT2D eigenvalue weighted by Crippen LogP contribution is -2.64. The van der Waals surface area contributed by atoms with Crippen molar-refractivity contribution in [3.05, 3.63) is 51.7 Å². The van der Waals surface area contributed by atoms with E-state index in [2.05, 4.69) is 35.4 Å². The number of aromatic nitrogens is 3. The highest BCUT2D eigenvalue weighted by atomic mass is 35.5. The lowest BCUT2D eigenvalue weighted by atomic mass is 10.1. The average Bonchev–Trinajstić information content (AvgIpc) is 3.29. The minimum Gasteiger partial charge on any atom is -0.465 e. The Labute approximate surface area is 223 Å². The molecule has 3 aromatic rings. The van der Waals surface area contributed by atoms with E-state index < -0.39 is 6.09 Å². The summed E-state index contributed by atoms with van der Waals surface area (Å²) in [5, 5.41) is 16.1. The van der Waals surface area contributed by atoms with E-state index in [0.29, 0.717) is 51.5 Å². The van der Waals surface area contributed by atoms with E-state index in [-0.39, 0.29) is 5.91 Å². The van der Waals surface area contributed by atoms with Gasteiger partial charge >= 0.3 is 6.09 Å². The van der Waals surface area contributed by atoms with Gasteiger partial charge in [-0.2, -0.15) is 0 Å². The molecule has 2 aliphatic heterocycles. The van der Waals surface area contributed by atoms with Crippen molar-refractivity contribution in [3.8, 4) is 0 Å². The number of likely N-dealkylation sites (tertiary alicyclic amines) is 1. The summed E-state index contributed by atoms with van der Waals surface area (Å²) in [5.41, 5.74) is 1.47. The van der Waals surface area contributed by atoms with Crippen LogP contribution in [0.5, 0.6) is 0 Å². The molecule has 2 aromatic heterocycles. The van der Waals surface area contributed by atoms with Crippen LogP contribution in [0, 0.1) is 13.8 Å². The number of nitrogens with zero attached hydrogens (tertiary/aromatic N) is 6. The van der Waals surface area contributed by atoms with Crippen LogP contribution < -0.4 is 15.5 Å². The third kappa shape index (κ3) is 5.60. The number of carbonyl (C=O) groups is 2. The average molecular weight is 543 g/mol. The fourth-order valence-electron chi connectivity index (χ4n) is 4.45. The summed E-state index contributed by atoms with van der Waals surface area (Å²) in [4.78, 5) is 43.7. The first-order valence-electron chi connectivity index (χ1n) is 11.9. The molecule has 5 rings (SSSR count). The van der Waals surface area contributed by atoms with Crippen LogP contribution in [0.25, 0.3) is 0 Å². The number of rotatable bonds is 6. The molecule has 0 radical (unpaired) electrons. The van der Waals surface area contributed by atoms with E-state index in [4.69, 9.17) is 16.7 Å². The van der Waals surface area contributed by atoms with E-state index >= 15 is 0 Å². The molecule has 0 bridgehead atoms. The van der Waals surface area contributed by atoms with E-state index in [1.165, 1.54) is 22.4 Å². The Morgan fingerprint density at radius 3 is 2.59 bits per heavy atom. The molecule has 0 aliphatic carbocycles. The van der Waals surface area contributed by atoms with Gasteiger partial charge in [0.15, 0.2) is 5.13 Å². The largest absolute Gasteiger partial charge is 0.465 e. The first-order chi connectivity index (χ1) is 17.8. The molecule has 1 aromatic carbocycles. The normalized spacial score (nSPS) is 16.4. The Morgan fingerprint density at radius 1 is 1.14 bits per heavy atom. The Hall–Kier alpha value is -3.48. The van der Waals surface area contributed by atoms with Gasteiger partial charge in [0.05, 0.1) is 16.9 Å². The molecule has 2 aliphatic rings. The van der Waals surface area contributed by atoms with Gasteiger partial charge < -0.3 is 25.5 Å². The van der Waals surface area contributed by atoms with E-state index in [1.54, 1.807) is 6.07 Å².